The van der Waals surface area contributed by atoms with Gasteiger partial charge in [0.15, 0.2) is 4.96 Å². The van der Waals surface area contributed by atoms with Gasteiger partial charge < -0.3 is 15.1 Å². The van der Waals surface area contributed by atoms with Gasteiger partial charge in [-0.3, -0.25) is 9.20 Å². The largest absolute Gasteiger partial charge is 0.368 e. The molecule has 1 aliphatic heterocycles. The molecule has 1 aliphatic rings. The molecule has 204 valence electrons. The van der Waals surface area contributed by atoms with Crippen LogP contribution < -0.4 is 15.1 Å². The van der Waals surface area contributed by atoms with Crippen LogP contribution in [0.3, 0.4) is 0 Å². The van der Waals surface area contributed by atoms with Gasteiger partial charge in [0.25, 0.3) is 5.91 Å². The van der Waals surface area contributed by atoms with E-state index in [1.165, 1.54) is 11.3 Å². The van der Waals surface area contributed by atoms with E-state index >= 15 is 0 Å². The van der Waals surface area contributed by atoms with Gasteiger partial charge in [-0.2, -0.15) is 0 Å². The highest BCUT2D eigenvalue weighted by atomic mass is 32.5. The number of aryl methyl sites for hydroxylation is 2. The Morgan fingerprint density at radius 1 is 0.895 bits per heavy atom. The molecule has 1 fully saturated rings. The Morgan fingerprint density at radius 3 is 1.95 bits per heavy atom. The zero-order valence-electron chi connectivity index (χ0n) is 20.6. The Labute approximate surface area is 220 Å². The van der Waals surface area contributed by atoms with Crippen LogP contribution >= 0.6 is 21.6 Å². The van der Waals surface area contributed by atoms with E-state index < -0.39 is 15.1 Å². The van der Waals surface area contributed by atoms with Crippen molar-refractivity contribution in [3.8, 4) is 0 Å². The molecule has 0 saturated carbocycles. The first-order valence-electron chi connectivity index (χ1n) is 11.8. The third-order valence-corrected chi connectivity index (χ3v) is 8.57. The minimum absolute atomic E-state index is 0.193. The van der Waals surface area contributed by atoms with Crippen molar-refractivity contribution in [2.45, 2.75) is 25.3 Å². The number of anilines is 2. The second-order valence-electron chi connectivity index (χ2n) is 9.33. The van der Waals surface area contributed by atoms with Crippen LogP contribution in [0.2, 0.25) is 0 Å². The van der Waals surface area contributed by atoms with Crippen molar-refractivity contribution in [2.75, 3.05) is 36.0 Å². The number of hydrogen-bond acceptors (Lipinski definition) is 5. The number of carbonyl (C=O) groups excluding carboxylic acids is 1. The van der Waals surface area contributed by atoms with Gasteiger partial charge in [0.2, 0.25) is 0 Å². The molecule has 0 radical (unpaired) electrons. The van der Waals surface area contributed by atoms with E-state index in [-0.39, 0.29) is 5.91 Å². The average Bonchev–Trinajstić information content (AvgIpc) is 3.35. The predicted molar refractivity (Wildman–Crippen MR) is 142 cm³/mol. The number of thiazole rings is 1. The van der Waals surface area contributed by atoms with E-state index in [2.05, 4.69) is 15.2 Å². The summed E-state index contributed by atoms with van der Waals surface area (Å²) in [7, 11) is -9.67. The number of fused-ring (bicyclic) bond motifs is 1. The first-order chi connectivity index (χ1) is 17.7. The van der Waals surface area contributed by atoms with Gasteiger partial charge in [0, 0.05) is 55.2 Å². The second kappa shape index (κ2) is 8.60. The van der Waals surface area contributed by atoms with Crippen LogP contribution in [0.25, 0.3) is 4.96 Å². The summed E-state index contributed by atoms with van der Waals surface area (Å²) in [6.07, 6.45) is 1.90. The number of carbonyl (C=O) groups is 1. The molecule has 2 aromatic heterocycles. The van der Waals surface area contributed by atoms with E-state index in [1.807, 2.05) is 53.6 Å². The third-order valence-electron chi connectivity index (χ3n) is 6.51. The highest BCUT2D eigenvalue weighted by molar-refractivity contribution is 8.45. The summed E-state index contributed by atoms with van der Waals surface area (Å²) in [6, 6.07) is 10.9. The molecule has 3 heterocycles. The van der Waals surface area contributed by atoms with Gasteiger partial charge in [0.1, 0.15) is 10.6 Å². The van der Waals surface area contributed by atoms with Crippen molar-refractivity contribution >= 4 is 43.8 Å². The SMILES string of the molecule is Cc1cn2c(C(=O)NCc3ccc(N4CCN(c5ccc(S(F)(F)(F)(F)F)cc5)CC4)cc3)c(C)nc2s1. The standard InChI is InChI=1S/C25H26F5N5OS2/c1-17-16-35-23(18(2)32-25(35)37-17)24(36)31-15-19-3-5-20(6-4-19)33-11-13-34(14-12-33)21-7-9-22(10-8-21)38(26,27,28,29)30/h3-10,16H,11-15H2,1-2H3,(H,31,36). The summed E-state index contributed by atoms with van der Waals surface area (Å²) >= 11 is 1.53. The molecular weight excluding hydrogens is 545 g/mol. The van der Waals surface area contributed by atoms with Crippen molar-refractivity contribution in [1.82, 2.24) is 14.7 Å². The molecule has 1 amide bonds. The molecule has 1 saturated heterocycles. The first kappa shape index (κ1) is 26.3. The number of halogens is 5. The first-order valence-corrected chi connectivity index (χ1v) is 14.6. The molecule has 6 nitrogen and oxygen atoms in total. The minimum Gasteiger partial charge on any atom is -0.368 e. The van der Waals surface area contributed by atoms with Crippen LogP contribution in [0.5, 0.6) is 0 Å². The number of amides is 1. The zero-order chi connectivity index (χ0) is 27.4. The molecule has 0 unspecified atom stereocenters. The Kier molecular flexibility index (Phi) is 5.95. The van der Waals surface area contributed by atoms with E-state index in [4.69, 9.17) is 0 Å². The van der Waals surface area contributed by atoms with Gasteiger partial charge in [-0.25, -0.2) is 4.98 Å². The highest BCUT2D eigenvalue weighted by Gasteiger charge is 2.65. The van der Waals surface area contributed by atoms with E-state index in [9.17, 15) is 24.2 Å². The summed E-state index contributed by atoms with van der Waals surface area (Å²) in [4.78, 5) is 21.3. The van der Waals surface area contributed by atoms with Gasteiger partial charge in [-0.15, -0.1) is 11.3 Å². The Balaban J connectivity index is 1.16. The molecule has 38 heavy (non-hydrogen) atoms. The molecule has 0 spiro atoms. The summed E-state index contributed by atoms with van der Waals surface area (Å²) in [5, 5.41) is 2.95. The van der Waals surface area contributed by atoms with Crippen LogP contribution in [0.4, 0.5) is 30.8 Å². The molecular formula is C25H26F5N5OS2. The average molecular weight is 572 g/mol. The molecule has 0 atom stereocenters. The summed E-state index contributed by atoms with van der Waals surface area (Å²) in [6.45, 7) is 6.46. The van der Waals surface area contributed by atoms with Crippen molar-refractivity contribution in [3.63, 3.8) is 0 Å². The van der Waals surface area contributed by atoms with Crippen LogP contribution in [0.15, 0.2) is 59.6 Å². The fourth-order valence-electron chi connectivity index (χ4n) is 4.57. The molecule has 4 aromatic rings. The van der Waals surface area contributed by atoms with Crippen molar-refractivity contribution < 1.29 is 24.2 Å². The maximum atomic E-state index is 13.0. The quantitative estimate of drug-likeness (QED) is 0.255. The Hall–Kier alpha value is -3.32. The Bertz CT molecular complexity index is 1490. The molecule has 0 bridgehead atoms. The van der Waals surface area contributed by atoms with Crippen LogP contribution in [0.1, 0.15) is 26.6 Å². The number of nitrogens with one attached hydrogen (secondary N) is 1. The van der Waals surface area contributed by atoms with Gasteiger partial charge in [-0.1, -0.05) is 31.6 Å². The fourth-order valence-corrected chi connectivity index (χ4v) is 6.09. The van der Waals surface area contributed by atoms with E-state index in [1.54, 1.807) is 0 Å². The van der Waals surface area contributed by atoms with Crippen LogP contribution in [-0.2, 0) is 6.54 Å². The van der Waals surface area contributed by atoms with Gasteiger partial charge in [-0.05, 0) is 55.8 Å². The predicted octanol–water partition coefficient (Wildman–Crippen LogP) is 6.93. The maximum absolute atomic E-state index is 13.0. The van der Waals surface area contributed by atoms with Crippen molar-refractivity contribution in [1.29, 1.82) is 0 Å². The second-order valence-corrected chi connectivity index (χ2v) is 12.9. The number of rotatable bonds is 6. The number of piperazine rings is 1. The van der Waals surface area contributed by atoms with Crippen molar-refractivity contribution in [3.05, 3.63) is 76.6 Å². The maximum Gasteiger partial charge on any atom is 0.310 e. The van der Waals surface area contributed by atoms with Gasteiger partial charge >= 0.3 is 10.2 Å². The lowest BCUT2D eigenvalue weighted by Gasteiger charge is -2.41. The number of aromatic nitrogens is 2. The number of hydrogen-bond donors (Lipinski definition) is 1. The summed E-state index contributed by atoms with van der Waals surface area (Å²) < 4.78 is 66.7. The topological polar surface area (TPSA) is 52.9 Å². The van der Waals surface area contributed by atoms with E-state index in [0.29, 0.717) is 61.9 Å². The molecule has 13 heteroatoms. The summed E-state index contributed by atoms with van der Waals surface area (Å²) in [5.74, 6) is -0.193. The summed E-state index contributed by atoms with van der Waals surface area (Å²) in [5.41, 5.74) is 3.60. The molecule has 2 aromatic carbocycles. The number of nitrogens with zero attached hydrogens (tertiary/aromatic N) is 4. The van der Waals surface area contributed by atoms with E-state index in [0.717, 1.165) is 33.2 Å². The smallest absolute Gasteiger partial charge is 0.310 e. The lowest BCUT2D eigenvalue weighted by molar-refractivity contribution is 0.0944. The molecule has 5 rings (SSSR count). The molecule has 1 N–H and O–H groups in total. The number of benzene rings is 2. The highest BCUT2D eigenvalue weighted by Crippen LogP contribution is 3.02. The monoisotopic (exact) mass is 571 g/mol. The minimum atomic E-state index is -9.67. The normalized spacial score (nSPS) is 16.4. The fraction of sp³-hybridized carbons (Fsp3) is 0.280. The number of imidazole rings is 1. The van der Waals surface area contributed by atoms with Crippen molar-refractivity contribution in [2.24, 2.45) is 0 Å². The molecule has 0 aliphatic carbocycles. The lowest BCUT2D eigenvalue weighted by atomic mass is 10.1. The van der Waals surface area contributed by atoms with Gasteiger partial charge in [0.05, 0.1) is 5.69 Å². The third kappa shape index (κ3) is 5.44. The van der Waals surface area contributed by atoms with Crippen LogP contribution in [-0.4, -0.2) is 41.5 Å². The van der Waals surface area contributed by atoms with Crippen LogP contribution in [0, 0.1) is 13.8 Å². The zero-order valence-corrected chi connectivity index (χ0v) is 22.3. The Morgan fingerprint density at radius 2 is 1.42 bits per heavy atom. The lowest BCUT2D eigenvalue weighted by Crippen LogP contribution is -2.46.